The van der Waals surface area contributed by atoms with Crippen molar-refractivity contribution in [1.82, 2.24) is 9.78 Å². The zero-order valence-electron chi connectivity index (χ0n) is 14.8. The average Bonchev–Trinajstić information content (AvgIpc) is 3.05. The number of para-hydroxylation sites is 1. The lowest BCUT2D eigenvalue weighted by molar-refractivity contribution is -0.142. The highest BCUT2D eigenvalue weighted by Crippen LogP contribution is 2.34. The van der Waals surface area contributed by atoms with Gasteiger partial charge in [-0.15, -0.1) is 0 Å². The number of nitrogens with one attached hydrogen (secondary N) is 1. The summed E-state index contributed by atoms with van der Waals surface area (Å²) in [5, 5.41) is 6.92. The number of halogens is 4. The number of aryl methyl sites for hydroxylation is 1. The first-order valence-corrected chi connectivity index (χ1v) is 8.46. The summed E-state index contributed by atoms with van der Waals surface area (Å²) in [6.45, 7) is 1.46. The standard InChI is InChI=1S/C19H15ClF3N3O2/c1-11-9-17(19(21,22)23)26(25-11)15-8-7-12(10-16(15)28-2)18(27)24-14-6-4-3-5-13(14)20/h3-10H,1-2H3,(H,24,27). The monoisotopic (exact) mass is 409 g/mol. The molecule has 146 valence electrons. The number of anilines is 1. The molecule has 1 amide bonds. The van der Waals surface area contributed by atoms with Crippen LogP contribution in [0.2, 0.25) is 5.02 Å². The van der Waals surface area contributed by atoms with E-state index >= 15 is 0 Å². The van der Waals surface area contributed by atoms with Gasteiger partial charge in [-0.05, 0) is 43.3 Å². The Balaban J connectivity index is 1.98. The lowest BCUT2D eigenvalue weighted by Crippen LogP contribution is -2.15. The number of hydrogen-bond acceptors (Lipinski definition) is 3. The van der Waals surface area contributed by atoms with Crippen molar-refractivity contribution in [3.63, 3.8) is 0 Å². The molecule has 0 radical (unpaired) electrons. The summed E-state index contributed by atoms with van der Waals surface area (Å²) in [5.74, 6) is -0.411. The van der Waals surface area contributed by atoms with Gasteiger partial charge in [0.1, 0.15) is 17.1 Å². The third kappa shape index (κ3) is 3.96. The molecule has 3 aromatic rings. The molecule has 9 heteroatoms. The molecule has 5 nitrogen and oxygen atoms in total. The van der Waals surface area contributed by atoms with E-state index in [9.17, 15) is 18.0 Å². The summed E-state index contributed by atoms with van der Waals surface area (Å²) in [7, 11) is 1.30. The molecule has 1 aromatic heterocycles. The number of hydrogen-bond donors (Lipinski definition) is 1. The fourth-order valence-corrected chi connectivity index (χ4v) is 2.82. The maximum absolute atomic E-state index is 13.3. The van der Waals surface area contributed by atoms with E-state index in [2.05, 4.69) is 10.4 Å². The summed E-state index contributed by atoms with van der Waals surface area (Å²) in [5.41, 5.74) is -0.0547. The van der Waals surface area contributed by atoms with Gasteiger partial charge >= 0.3 is 6.18 Å². The van der Waals surface area contributed by atoms with Gasteiger partial charge in [0.15, 0.2) is 0 Å². The van der Waals surface area contributed by atoms with Crippen molar-refractivity contribution in [2.75, 3.05) is 12.4 Å². The minimum Gasteiger partial charge on any atom is -0.494 e. The van der Waals surface area contributed by atoms with Gasteiger partial charge in [0.25, 0.3) is 5.91 Å². The second kappa shape index (κ2) is 7.55. The van der Waals surface area contributed by atoms with E-state index in [0.29, 0.717) is 10.7 Å². The molecular weight excluding hydrogens is 395 g/mol. The van der Waals surface area contributed by atoms with Crippen molar-refractivity contribution in [1.29, 1.82) is 0 Å². The normalized spacial score (nSPS) is 11.4. The fraction of sp³-hybridized carbons (Fsp3) is 0.158. The van der Waals surface area contributed by atoms with Gasteiger partial charge in [0, 0.05) is 5.56 Å². The Morgan fingerprint density at radius 2 is 1.89 bits per heavy atom. The quantitative estimate of drug-likeness (QED) is 0.651. The van der Waals surface area contributed by atoms with Gasteiger partial charge < -0.3 is 10.1 Å². The number of aromatic nitrogens is 2. The molecule has 0 unspecified atom stereocenters. The Hall–Kier alpha value is -3.00. The third-order valence-corrected chi connectivity index (χ3v) is 4.24. The van der Waals surface area contributed by atoms with Gasteiger partial charge in [-0.1, -0.05) is 23.7 Å². The lowest BCUT2D eigenvalue weighted by atomic mass is 10.1. The van der Waals surface area contributed by atoms with E-state index in [0.717, 1.165) is 10.7 Å². The van der Waals surface area contributed by atoms with E-state index < -0.39 is 17.8 Å². The number of alkyl halides is 3. The van der Waals surface area contributed by atoms with Gasteiger partial charge in [-0.2, -0.15) is 18.3 Å². The minimum atomic E-state index is -4.59. The van der Waals surface area contributed by atoms with E-state index in [1.165, 1.54) is 32.2 Å². The molecule has 2 aromatic carbocycles. The van der Waals surface area contributed by atoms with Gasteiger partial charge in [-0.25, -0.2) is 4.68 Å². The molecule has 0 bridgehead atoms. The number of benzene rings is 2. The summed E-state index contributed by atoms with van der Waals surface area (Å²) in [6, 6.07) is 11.7. The second-order valence-electron chi connectivity index (χ2n) is 5.90. The van der Waals surface area contributed by atoms with Crippen LogP contribution in [0.3, 0.4) is 0 Å². The van der Waals surface area contributed by atoms with Crippen molar-refractivity contribution < 1.29 is 22.7 Å². The third-order valence-electron chi connectivity index (χ3n) is 3.91. The number of rotatable bonds is 4. The van der Waals surface area contributed by atoms with E-state index in [1.807, 2.05) is 0 Å². The molecule has 0 aliphatic carbocycles. The average molecular weight is 410 g/mol. The van der Waals surface area contributed by atoms with Crippen LogP contribution in [0.5, 0.6) is 5.75 Å². The maximum atomic E-state index is 13.3. The zero-order valence-corrected chi connectivity index (χ0v) is 15.6. The number of nitrogens with zero attached hydrogens (tertiary/aromatic N) is 2. The van der Waals surface area contributed by atoms with Gasteiger partial charge in [0.2, 0.25) is 0 Å². The van der Waals surface area contributed by atoms with Crippen LogP contribution in [0.25, 0.3) is 5.69 Å². The van der Waals surface area contributed by atoms with Crippen LogP contribution in [-0.4, -0.2) is 22.8 Å². The molecule has 0 fully saturated rings. The minimum absolute atomic E-state index is 0.0669. The van der Waals surface area contributed by atoms with E-state index in [4.69, 9.17) is 16.3 Å². The Kier molecular flexibility index (Phi) is 5.33. The number of amides is 1. The van der Waals surface area contributed by atoms with Crippen LogP contribution in [-0.2, 0) is 6.18 Å². The van der Waals surface area contributed by atoms with Gasteiger partial charge in [-0.3, -0.25) is 4.79 Å². The number of carbonyl (C=O) groups excluding carboxylic acids is 1. The predicted molar refractivity (Wildman–Crippen MR) is 99.3 cm³/mol. The van der Waals surface area contributed by atoms with Crippen LogP contribution >= 0.6 is 11.6 Å². The summed E-state index contributed by atoms with van der Waals surface area (Å²) in [4.78, 5) is 12.5. The van der Waals surface area contributed by atoms with Crippen LogP contribution in [0.4, 0.5) is 18.9 Å². The fourth-order valence-electron chi connectivity index (χ4n) is 2.64. The zero-order chi connectivity index (χ0) is 20.5. The maximum Gasteiger partial charge on any atom is 0.433 e. The molecule has 0 aliphatic heterocycles. The Morgan fingerprint density at radius 1 is 1.18 bits per heavy atom. The van der Waals surface area contributed by atoms with Gasteiger partial charge in [0.05, 0.1) is 23.5 Å². The molecule has 0 atom stereocenters. The predicted octanol–water partition coefficient (Wildman–Crippen LogP) is 5.11. The molecule has 0 saturated carbocycles. The van der Waals surface area contributed by atoms with Crippen LogP contribution in [0.1, 0.15) is 21.7 Å². The summed E-state index contributed by atoms with van der Waals surface area (Å²) >= 11 is 6.02. The first kappa shape index (κ1) is 19.8. The topological polar surface area (TPSA) is 56.1 Å². The largest absolute Gasteiger partial charge is 0.494 e. The molecule has 0 spiro atoms. The van der Waals surface area contributed by atoms with Crippen molar-refractivity contribution in [3.8, 4) is 11.4 Å². The molecular formula is C19H15ClF3N3O2. The highest BCUT2D eigenvalue weighted by molar-refractivity contribution is 6.33. The number of carbonyl (C=O) groups is 1. The molecule has 3 rings (SSSR count). The Labute approximate surface area is 163 Å². The summed E-state index contributed by atoms with van der Waals surface area (Å²) in [6.07, 6.45) is -4.59. The Bertz CT molecular complexity index is 1030. The Morgan fingerprint density at radius 3 is 2.54 bits per heavy atom. The summed E-state index contributed by atoms with van der Waals surface area (Å²) < 4.78 is 45.8. The van der Waals surface area contributed by atoms with Crippen LogP contribution < -0.4 is 10.1 Å². The molecule has 28 heavy (non-hydrogen) atoms. The van der Waals surface area contributed by atoms with Crippen molar-refractivity contribution in [3.05, 3.63) is 70.5 Å². The SMILES string of the molecule is COc1cc(C(=O)Nc2ccccc2Cl)ccc1-n1nc(C)cc1C(F)(F)F. The molecule has 1 heterocycles. The molecule has 0 aliphatic rings. The highest BCUT2D eigenvalue weighted by Gasteiger charge is 2.36. The van der Waals surface area contributed by atoms with E-state index in [1.54, 1.807) is 24.3 Å². The highest BCUT2D eigenvalue weighted by atomic mass is 35.5. The first-order valence-electron chi connectivity index (χ1n) is 8.09. The van der Waals surface area contributed by atoms with Crippen molar-refractivity contribution in [2.24, 2.45) is 0 Å². The van der Waals surface area contributed by atoms with E-state index in [-0.39, 0.29) is 22.7 Å². The van der Waals surface area contributed by atoms with Crippen molar-refractivity contribution >= 4 is 23.2 Å². The van der Waals surface area contributed by atoms with Crippen molar-refractivity contribution in [2.45, 2.75) is 13.1 Å². The number of ether oxygens (including phenoxy) is 1. The second-order valence-corrected chi connectivity index (χ2v) is 6.31. The molecule has 1 N–H and O–H groups in total. The smallest absolute Gasteiger partial charge is 0.433 e. The van der Waals surface area contributed by atoms with Crippen LogP contribution in [0, 0.1) is 6.92 Å². The lowest BCUT2D eigenvalue weighted by Gasteiger charge is -2.14. The molecule has 0 saturated heterocycles. The number of methoxy groups -OCH3 is 1. The first-order chi connectivity index (χ1) is 13.2. The van der Waals surface area contributed by atoms with Crippen LogP contribution in [0.15, 0.2) is 48.5 Å².